The normalized spacial score (nSPS) is 12.6. The largest absolute Gasteiger partial charge is 0.309 e. The Morgan fingerprint density at radius 1 is 0.383 bits per heavy atom. The van der Waals surface area contributed by atoms with Crippen LogP contribution in [0.2, 0.25) is 0 Å². The monoisotopic (exact) mass is 812 g/mol. The molecule has 0 amide bonds. The molecule has 13 rings (SSSR count). The summed E-state index contributed by atoms with van der Waals surface area (Å²) < 4.78 is 5.29. The fraction of sp³-hybridized carbons (Fsp3) is 0. The Bertz CT molecular complexity index is 3680. The molecule has 0 bridgehead atoms. The van der Waals surface area contributed by atoms with Gasteiger partial charge in [-0.05, 0) is 103 Å². The quantitative estimate of drug-likeness (QED) is 0.124. The summed E-state index contributed by atoms with van der Waals surface area (Å²) in [6.07, 6.45) is 0. The number of nitrogens with zero attached hydrogens (tertiary/aromatic N) is 1. The Morgan fingerprint density at radius 3 is 1.98 bits per heavy atom. The summed E-state index contributed by atoms with van der Waals surface area (Å²) >= 11 is 3.80. The Morgan fingerprint density at radius 2 is 1.07 bits per heavy atom. The Labute approximate surface area is 357 Å². The standard InChI is InChI=1S/C56H34NS2Si/c1-2-13-40(14-3-1)60-51-23-9-7-17-46(51)54-52(60)33-32-50-55(54)53-43(18-11-22-49(53)58-50)36-26-28-38(29-27-36)57(47-20-10-19-45-44-16-6-8-21-48(44)59-56(45)47)39-30-31-42-37(34-39)25-24-35-12-4-5-15-41(35)42/h1-34H. The van der Waals surface area contributed by atoms with Crippen molar-refractivity contribution in [3.05, 3.63) is 206 Å². The SMILES string of the molecule is c1ccc([Si]2c3ccccc3-c3c2ccc2sc4cccc(-c5ccc(N(c6ccc7c(ccc8ccccc87)c6)c6cccc7c6sc6ccccc67)cc5)c4c32)cc1. The third-order valence-electron chi connectivity index (χ3n) is 12.5. The van der Waals surface area contributed by atoms with Crippen molar-refractivity contribution in [2.75, 3.05) is 4.90 Å². The molecule has 1 nitrogen and oxygen atoms in total. The van der Waals surface area contributed by atoms with Crippen molar-refractivity contribution in [3.8, 4) is 22.3 Å². The van der Waals surface area contributed by atoms with Crippen molar-refractivity contribution >= 4 is 126 Å². The predicted octanol–water partition coefficient (Wildman–Crippen LogP) is 14.4. The van der Waals surface area contributed by atoms with Crippen molar-refractivity contribution in [2.45, 2.75) is 0 Å². The number of benzene rings is 10. The van der Waals surface area contributed by atoms with E-state index in [1.54, 1.807) is 0 Å². The van der Waals surface area contributed by atoms with Crippen molar-refractivity contribution in [1.29, 1.82) is 0 Å². The lowest BCUT2D eigenvalue weighted by Gasteiger charge is -2.27. The number of thiophene rings is 2. The highest BCUT2D eigenvalue weighted by molar-refractivity contribution is 7.26. The first-order chi connectivity index (χ1) is 29.8. The van der Waals surface area contributed by atoms with Crippen LogP contribution in [-0.2, 0) is 0 Å². The molecule has 12 aromatic rings. The predicted molar refractivity (Wildman–Crippen MR) is 264 cm³/mol. The van der Waals surface area contributed by atoms with Gasteiger partial charge in [-0.3, -0.25) is 0 Å². The molecule has 0 saturated heterocycles. The van der Waals surface area contributed by atoms with Gasteiger partial charge in [0, 0.05) is 47.0 Å². The van der Waals surface area contributed by atoms with Gasteiger partial charge in [-0.2, -0.15) is 0 Å². The lowest BCUT2D eigenvalue weighted by atomic mass is 9.94. The van der Waals surface area contributed by atoms with Crippen molar-refractivity contribution in [2.24, 2.45) is 0 Å². The maximum absolute atomic E-state index is 2.47. The van der Waals surface area contributed by atoms with Crippen LogP contribution in [0.15, 0.2) is 206 Å². The highest BCUT2D eigenvalue weighted by Crippen LogP contribution is 2.48. The molecular weight excluding hydrogens is 779 g/mol. The zero-order chi connectivity index (χ0) is 39.3. The van der Waals surface area contributed by atoms with Gasteiger partial charge in [0.05, 0.1) is 10.4 Å². The molecule has 279 valence electrons. The van der Waals surface area contributed by atoms with Crippen molar-refractivity contribution < 1.29 is 0 Å². The molecule has 0 spiro atoms. The first-order valence-electron chi connectivity index (χ1n) is 20.5. The number of rotatable bonds is 5. The van der Waals surface area contributed by atoms with E-state index in [9.17, 15) is 0 Å². The average Bonchev–Trinajstić information content (AvgIpc) is 3.99. The zero-order valence-corrected chi connectivity index (χ0v) is 35.0. The Kier molecular flexibility index (Phi) is 7.58. The highest BCUT2D eigenvalue weighted by atomic mass is 32.1. The minimum Gasteiger partial charge on any atom is -0.309 e. The molecule has 0 aliphatic carbocycles. The summed E-state index contributed by atoms with van der Waals surface area (Å²) in [5, 5.41) is 14.9. The molecule has 0 atom stereocenters. The molecule has 4 heteroatoms. The van der Waals surface area contributed by atoms with E-state index in [2.05, 4.69) is 211 Å². The summed E-state index contributed by atoms with van der Waals surface area (Å²) in [6, 6.07) is 77.2. The molecular formula is C56H34NS2Si. The zero-order valence-electron chi connectivity index (χ0n) is 32.4. The third kappa shape index (κ3) is 5.09. The van der Waals surface area contributed by atoms with E-state index >= 15 is 0 Å². The van der Waals surface area contributed by atoms with E-state index in [0.717, 1.165) is 11.4 Å². The summed E-state index contributed by atoms with van der Waals surface area (Å²) in [6.45, 7) is 0. The number of hydrogen-bond donors (Lipinski definition) is 0. The van der Waals surface area contributed by atoms with Crippen molar-refractivity contribution in [3.63, 3.8) is 0 Å². The first-order valence-corrected chi connectivity index (χ1v) is 23.6. The van der Waals surface area contributed by atoms with Gasteiger partial charge < -0.3 is 4.90 Å². The number of fused-ring (bicyclic) bond motifs is 13. The Balaban J connectivity index is 0.997. The highest BCUT2D eigenvalue weighted by Gasteiger charge is 2.34. The van der Waals surface area contributed by atoms with Crippen LogP contribution in [0.3, 0.4) is 0 Å². The molecule has 3 heterocycles. The lowest BCUT2D eigenvalue weighted by Crippen LogP contribution is -2.48. The summed E-state index contributed by atoms with van der Waals surface area (Å²) in [5.74, 6) is 0. The van der Waals surface area contributed by atoms with E-state index in [-0.39, 0.29) is 0 Å². The molecule has 60 heavy (non-hydrogen) atoms. The van der Waals surface area contributed by atoms with Gasteiger partial charge in [-0.1, -0.05) is 163 Å². The Hall–Kier alpha value is -6.82. The van der Waals surface area contributed by atoms with E-state index in [1.807, 2.05) is 22.7 Å². The van der Waals surface area contributed by atoms with Crippen LogP contribution in [-0.4, -0.2) is 8.80 Å². The maximum atomic E-state index is 2.47. The summed E-state index contributed by atoms with van der Waals surface area (Å²) in [4.78, 5) is 2.47. The second kappa shape index (κ2) is 13.3. The third-order valence-corrected chi connectivity index (χ3v) is 17.7. The molecule has 1 aliphatic rings. The molecule has 0 unspecified atom stereocenters. The van der Waals surface area contributed by atoms with Gasteiger partial charge >= 0.3 is 0 Å². The van der Waals surface area contributed by atoms with Gasteiger partial charge in [0.2, 0.25) is 0 Å². The fourth-order valence-electron chi connectivity index (χ4n) is 9.88. The van der Waals surface area contributed by atoms with Crippen LogP contribution >= 0.6 is 22.7 Å². The second-order valence-electron chi connectivity index (χ2n) is 15.8. The molecule has 2 aromatic heterocycles. The summed E-state index contributed by atoms with van der Waals surface area (Å²) in [7, 11) is -1.13. The van der Waals surface area contributed by atoms with E-state index in [1.165, 1.54) is 105 Å². The average molecular weight is 813 g/mol. The molecule has 1 aliphatic heterocycles. The van der Waals surface area contributed by atoms with E-state index < -0.39 is 8.80 Å². The molecule has 1 radical (unpaired) electrons. The van der Waals surface area contributed by atoms with E-state index in [0.29, 0.717) is 0 Å². The minimum atomic E-state index is -1.13. The van der Waals surface area contributed by atoms with Gasteiger partial charge in [0.25, 0.3) is 0 Å². The first kappa shape index (κ1) is 34.1. The van der Waals surface area contributed by atoms with Crippen LogP contribution in [0.4, 0.5) is 17.1 Å². The van der Waals surface area contributed by atoms with Crippen LogP contribution in [0.5, 0.6) is 0 Å². The molecule has 0 saturated carbocycles. The van der Waals surface area contributed by atoms with Crippen LogP contribution in [0, 0.1) is 0 Å². The smallest absolute Gasteiger partial charge is 0.156 e. The topological polar surface area (TPSA) is 3.24 Å². The van der Waals surface area contributed by atoms with Crippen LogP contribution < -0.4 is 20.5 Å². The fourth-order valence-corrected chi connectivity index (χ4v) is 15.2. The number of hydrogen-bond acceptors (Lipinski definition) is 3. The van der Waals surface area contributed by atoms with Gasteiger partial charge in [0.15, 0.2) is 8.80 Å². The second-order valence-corrected chi connectivity index (χ2v) is 20.3. The van der Waals surface area contributed by atoms with Crippen LogP contribution in [0.1, 0.15) is 0 Å². The molecule has 0 N–H and O–H groups in total. The summed E-state index contributed by atoms with van der Waals surface area (Å²) in [5.41, 5.74) is 8.82. The van der Waals surface area contributed by atoms with Crippen molar-refractivity contribution in [1.82, 2.24) is 0 Å². The number of anilines is 3. The maximum Gasteiger partial charge on any atom is 0.156 e. The van der Waals surface area contributed by atoms with Gasteiger partial charge in [-0.25, -0.2) is 0 Å². The van der Waals surface area contributed by atoms with E-state index in [4.69, 9.17) is 0 Å². The van der Waals surface area contributed by atoms with Gasteiger partial charge in [-0.15, -0.1) is 22.7 Å². The van der Waals surface area contributed by atoms with Gasteiger partial charge in [0.1, 0.15) is 0 Å². The lowest BCUT2D eigenvalue weighted by molar-refractivity contribution is 1.31. The minimum absolute atomic E-state index is 1.13. The molecule has 0 fully saturated rings. The molecule has 10 aromatic carbocycles. The van der Waals surface area contributed by atoms with Crippen LogP contribution in [0.25, 0.3) is 84.1 Å².